The van der Waals surface area contributed by atoms with E-state index in [2.05, 4.69) is 60.0 Å². The zero-order valence-corrected chi connectivity index (χ0v) is 16.9. The minimum absolute atomic E-state index is 0.0934. The van der Waals surface area contributed by atoms with E-state index in [9.17, 15) is 4.79 Å². The van der Waals surface area contributed by atoms with Crippen LogP contribution in [-0.4, -0.2) is 34.5 Å². The maximum atomic E-state index is 12.7. The first-order valence-electron chi connectivity index (χ1n) is 10.1. The Morgan fingerprint density at radius 2 is 1.82 bits per heavy atom. The van der Waals surface area contributed by atoms with Crippen molar-refractivity contribution in [2.75, 3.05) is 14.1 Å². The fourth-order valence-electron chi connectivity index (χ4n) is 3.93. The lowest BCUT2D eigenvalue weighted by atomic mass is 10.0. The second-order valence-electron chi connectivity index (χ2n) is 7.66. The molecule has 4 nitrogen and oxygen atoms in total. The summed E-state index contributed by atoms with van der Waals surface area (Å²) >= 11 is 0. The third-order valence-corrected chi connectivity index (χ3v) is 5.57. The van der Waals surface area contributed by atoms with Gasteiger partial charge in [-0.15, -0.1) is 0 Å². The van der Waals surface area contributed by atoms with Crippen LogP contribution in [0.5, 0.6) is 0 Å². The number of carbonyl (C=O) groups is 1. The van der Waals surface area contributed by atoms with Gasteiger partial charge in [-0.2, -0.15) is 0 Å². The van der Waals surface area contributed by atoms with Gasteiger partial charge in [0.2, 0.25) is 5.91 Å². The van der Waals surface area contributed by atoms with Gasteiger partial charge >= 0.3 is 0 Å². The van der Waals surface area contributed by atoms with Gasteiger partial charge in [0.05, 0.1) is 23.5 Å². The Morgan fingerprint density at radius 1 is 1.07 bits per heavy atom. The molecule has 28 heavy (non-hydrogen) atoms. The summed E-state index contributed by atoms with van der Waals surface area (Å²) in [5.41, 5.74) is 6.81. The van der Waals surface area contributed by atoms with Crippen molar-refractivity contribution in [1.29, 1.82) is 0 Å². The van der Waals surface area contributed by atoms with Gasteiger partial charge in [-0.05, 0) is 36.5 Å². The molecule has 0 aliphatic carbocycles. The Bertz CT molecular complexity index is 999. The number of carbonyl (C=O) groups excluding carboxylic acids is 1. The molecule has 0 atom stereocenters. The number of hydrogen-bond donors (Lipinski definition) is 0. The van der Waals surface area contributed by atoms with Crippen LogP contribution in [0, 0.1) is 0 Å². The number of benzene rings is 2. The number of amides is 1. The molecule has 0 unspecified atom stereocenters. The van der Waals surface area contributed by atoms with Crippen molar-refractivity contribution in [3.8, 4) is 16.9 Å². The zero-order valence-electron chi connectivity index (χ0n) is 16.9. The Morgan fingerprint density at radius 3 is 2.54 bits per heavy atom. The van der Waals surface area contributed by atoms with E-state index in [0.29, 0.717) is 6.42 Å². The molecule has 0 N–H and O–H groups in total. The summed E-state index contributed by atoms with van der Waals surface area (Å²) < 4.78 is 2.24. The van der Waals surface area contributed by atoms with Gasteiger partial charge in [0.25, 0.3) is 0 Å². The van der Waals surface area contributed by atoms with Gasteiger partial charge in [0.15, 0.2) is 0 Å². The molecule has 0 bridgehead atoms. The molecule has 1 aromatic heterocycles. The SMILES string of the molecule is CCc1ccc(-c2nc3n(c2CC(=O)N(C)C)-c2ccccc2CCC3)cc1. The summed E-state index contributed by atoms with van der Waals surface area (Å²) in [4.78, 5) is 19.4. The van der Waals surface area contributed by atoms with Gasteiger partial charge in [-0.3, -0.25) is 9.36 Å². The molecule has 3 aromatic rings. The highest BCUT2D eigenvalue weighted by atomic mass is 16.2. The minimum Gasteiger partial charge on any atom is -0.348 e. The Labute approximate surface area is 166 Å². The van der Waals surface area contributed by atoms with E-state index in [1.54, 1.807) is 4.90 Å². The van der Waals surface area contributed by atoms with Gasteiger partial charge < -0.3 is 4.90 Å². The molecule has 2 aromatic carbocycles. The van der Waals surface area contributed by atoms with E-state index in [0.717, 1.165) is 48.5 Å². The molecule has 4 heteroatoms. The first-order chi connectivity index (χ1) is 13.6. The predicted molar refractivity (Wildman–Crippen MR) is 113 cm³/mol. The molecular weight excluding hydrogens is 346 g/mol. The van der Waals surface area contributed by atoms with E-state index in [1.165, 1.54) is 16.8 Å². The van der Waals surface area contributed by atoms with E-state index >= 15 is 0 Å². The van der Waals surface area contributed by atoms with Crippen LogP contribution in [0.4, 0.5) is 0 Å². The van der Waals surface area contributed by atoms with Crippen molar-refractivity contribution in [1.82, 2.24) is 14.5 Å². The standard InChI is InChI=1S/C24H27N3O/c1-4-17-12-14-19(15-13-17)24-21(16-23(28)26(2)3)27-20-10-6-5-8-18(20)9-7-11-22(27)25-24/h5-6,8,10,12-15H,4,7,9,11,16H2,1-3H3. The van der Waals surface area contributed by atoms with Crippen molar-refractivity contribution in [3.05, 3.63) is 71.2 Å². The number of nitrogens with zero attached hydrogens (tertiary/aromatic N) is 3. The van der Waals surface area contributed by atoms with E-state index in [-0.39, 0.29) is 5.91 Å². The maximum Gasteiger partial charge on any atom is 0.228 e. The summed E-state index contributed by atoms with van der Waals surface area (Å²) in [5, 5.41) is 0. The van der Waals surface area contributed by atoms with Crippen LogP contribution in [0.15, 0.2) is 48.5 Å². The van der Waals surface area contributed by atoms with Crippen LogP contribution in [0.1, 0.15) is 36.0 Å². The number of rotatable bonds is 4. The number of aromatic nitrogens is 2. The van der Waals surface area contributed by atoms with E-state index in [1.807, 2.05) is 14.1 Å². The lowest BCUT2D eigenvalue weighted by Gasteiger charge is -2.16. The normalized spacial score (nSPS) is 12.8. The first-order valence-corrected chi connectivity index (χ1v) is 10.1. The Balaban J connectivity index is 1.91. The monoisotopic (exact) mass is 373 g/mol. The largest absolute Gasteiger partial charge is 0.348 e. The molecule has 0 saturated heterocycles. The van der Waals surface area contributed by atoms with Crippen molar-refractivity contribution < 1.29 is 4.79 Å². The highest BCUT2D eigenvalue weighted by Gasteiger charge is 2.25. The van der Waals surface area contributed by atoms with Crippen molar-refractivity contribution >= 4 is 5.91 Å². The van der Waals surface area contributed by atoms with Crippen molar-refractivity contribution in [3.63, 3.8) is 0 Å². The third kappa shape index (κ3) is 3.35. The smallest absolute Gasteiger partial charge is 0.228 e. The van der Waals surface area contributed by atoms with Gasteiger partial charge in [-0.1, -0.05) is 49.4 Å². The van der Waals surface area contributed by atoms with Crippen LogP contribution < -0.4 is 0 Å². The Kier molecular flexibility index (Phi) is 5.03. The summed E-state index contributed by atoms with van der Waals surface area (Å²) in [7, 11) is 3.62. The molecule has 1 aliphatic heterocycles. The van der Waals surface area contributed by atoms with E-state index in [4.69, 9.17) is 4.98 Å². The predicted octanol–water partition coefficient (Wildman–Crippen LogP) is 4.22. The summed E-state index contributed by atoms with van der Waals surface area (Å²) in [6.45, 7) is 2.16. The third-order valence-electron chi connectivity index (χ3n) is 5.57. The molecule has 2 heterocycles. The molecule has 1 amide bonds. The molecule has 0 fully saturated rings. The number of likely N-dealkylation sites (N-methyl/N-ethyl adjacent to an activating group) is 1. The average molecular weight is 374 g/mol. The molecule has 4 rings (SSSR count). The maximum absolute atomic E-state index is 12.7. The molecule has 0 spiro atoms. The number of fused-ring (bicyclic) bond motifs is 3. The molecule has 0 saturated carbocycles. The highest BCUT2D eigenvalue weighted by Crippen LogP contribution is 2.32. The van der Waals surface area contributed by atoms with Gasteiger partial charge in [-0.25, -0.2) is 4.98 Å². The minimum atomic E-state index is 0.0934. The summed E-state index contributed by atoms with van der Waals surface area (Å²) in [5.74, 6) is 1.15. The van der Waals surface area contributed by atoms with Crippen molar-refractivity contribution in [2.45, 2.75) is 39.0 Å². The van der Waals surface area contributed by atoms with Crippen LogP contribution in [0.2, 0.25) is 0 Å². The number of para-hydroxylation sites is 1. The summed E-state index contributed by atoms with van der Waals surface area (Å²) in [6, 6.07) is 17.1. The lowest BCUT2D eigenvalue weighted by Crippen LogP contribution is -2.25. The number of hydrogen-bond acceptors (Lipinski definition) is 2. The van der Waals surface area contributed by atoms with Gasteiger partial charge in [0, 0.05) is 26.1 Å². The molecule has 0 radical (unpaired) electrons. The topological polar surface area (TPSA) is 38.1 Å². The second-order valence-corrected chi connectivity index (χ2v) is 7.66. The number of imidazole rings is 1. The van der Waals surface area contributed by atoms with Crippen LogP contribution in [-0.2, 0) is 30.5 Å². The summed E-state index contributed by atoms with van der Waals surface area (Å²) in [6.07, 6.45) is 4.40. The fourth-order valence-corrected chi connectivity index (χ4v) is 3.93. The van der Waals surface area contributed by atoms with E-state index < -0.39 is 0 Å². The van der Waals surface area contributed by atoms with Crippen molar-refractivity contribution in [2.24, 2.45) is 0 Å². The lowest BCUT2D eigenvalue weighted by molar-refractivity contribution is -0.128. The fraction of sp³-hybridized carbons (Fsp3) is 0.333. The molecular formula is C24H27N3O. The van der Waals surface area contributed by atoms with Gasteiger partial charge in [0.1, 0.15) is 5.82 Å². The first kappa shape index (κ1) is 18.5. The number of aryl methyl sites for hydroxylation is 3. The average Bonchev–Trinajstić information content (AvgIpc) is 2.95. The quantitative estimate of drug-likeness (QED) is 0.687. The molecule has 144 valence electrons. The second kappa shape index (κ2) is 7.63. The van der Waals surface area contributed by atoms with Crippen LogP contribution in [0.3, 0.4) is 0 Å². The van der Waals surface area contributed by atoms with Crippen LogP contribution >= 0.6 is 0 Å². The highest BCUT2D eigenvalue weighted by molar-refractivity contribution is 5.81. The molecule has 1 aliphatic rings. The van der Waals surface area contributed by atoms with Crippen LogP contribution in [0.25, 0.3) is 16.9 Å². The Hall–Kier alpha value is -2.88. The zero-order chi connectivity index (χ0) is 19.7.